The van der Waals surface area contributed by atoms with Crippen molar-refractivity contribution < 1.29 is 19.2 Å². The van der Waals surface area contributed by atoms with Gasteiger partial charge < -0.3 is 21.3 Å². The van der Waals surface area contributed by atoms with Crippen molar-refractivity contribution in [3.63, 3.8) is 0 Å². The summed E-state index contributed by atoms with van der Waals surface area (Å²) in [4.78, 5) is 44.7. The number of carbonyl (C=O) groups excluding carboxylic acids is 4. The van der Waals surface area contributed by atoms with Gasteiger partial charge in [0, 0.05) is 48.5 Å². The minimum Gasteiger partial charge on any atom is -0.353 e. The first kappa shape index (κ1) is 29.6. The number of hydrogen-bond acceptors (Lipinski definition) is 4. The van der Waals surface area contributed by atoms with Crippen LogP contribution in [0.4, 0.5) is 0 Å². The van der Waals surface area contributed by atoms with Crippen molar-refractivity contribution in [2.75, 3.05) is 13.1 Å². The van der Waals surface area contributed by atoms with E-state index < -0.39 is 0 Å². The second-order valence-corrected chi connectivity index (χ2v) is 8.73. The summed E-state index contributed by atoms with van der Waals surface area (Å²) in [6, 6.07) is 0. The number of carbonyl (C=O) groups is 4. The van der Waals surface area contributed by atoms with E-state index in [4.69, 9.17) is 0 Å². The van der Waals surface area contributed by atoms with Crippen molar-refractivity contribution in [1.82, 2.24) is 21.3 Å². The van der Waals surface area contributed by atoms with Crippen LogP contribution in [0.25, 0.3) is 0 Å². The third kappa shape index (κ3) is 23.4. The zero-order valence-corrected chi connectivity index (χ0v) is 19.8. The van der Waals surface area contributed by atoms with Crippen LogP contribution in [0, 0.1) is 0 Å². The molecule has 4 amide bonds. The average molecular weight is 425 g/mol. The Hall–Kier alpha value is -2.64. The van der Waals surface area contributed by atoms with Crippen molar-refractivity contribution in [3.05, 3.63) is 24.3 Å². The molecule has 0 aromatic carbocycles. The number of rotatable bonds is 8. The van der Waals surface area contributed by atoms with Crippen LogP contribution in [0.15, 0.2) is 24.3 Å². The molecule has 0 radical (unpaired) electrons. The zero-order valence-electron chi connectivity index (χ0n) is 19.8. The monoisotopic (exact) mass is 424 g/mol. The van der Waals surface area contributed by atoms with Crippen molar-refractivity contribution >= 4 is 23.6 Å². The van der Waals surface area contributed by atoms with Gasteiger partial charge in [-0.2, -0.15) is 0 Å². The third-order valence-corrected chi connectivity index (χ3v) is 2.87. The second-order valence-electron chi connectivity index (χ2n) is 8.73. The Kier molecular flexibility index (Phi) is 15.0. The summed E-state index contributed by atoms with van der Waals surface area (Å²) in [5.74, 6) is -0.981. The largest absolute Gasteiger partial charge is 0.353 e. The number of hydrogen-bond donors (Lipinski definition) is 4. The van der Waals surface area contributed by atoms with E-state index in [0.29, 0.717) is 13.1 Å². The van der Waals surface area contributed by atoms with Gasteiger partial charge in [0.25, 0.3) is 0 Å². The Morgan fingerprint density at radius 2 is 0.833 bits per heavy atom. The van der Waals surface area contributed by atoms with E-state index in [-0.39, 0.29) is 34.7 Å². The van der Waals surface area contributed by atoms with Crippen LogP contribution in [0.1, 0.15) is 68.2 Å². The second kappa shape index (κ2) is 15.2. The lowest BCUT2D eigenvalue weighted by atomic mass is 10.1. The van der Waals surface area contributed by atoms with E-state index in [1.807, 2.05) is 55.4 Å². The lowest BCUT2D eigenvalue weighted by Gasteiger charge is -2.20. The van der Waals surface area contributed by atoms with E-state index in [9.17, 15) is 19.2 Å². The van der Waals surface area contributed by atoms with Crippen molar-refractivity contribution in [2.45, 2.75) is 79.3 Å². The maximum atomic E-state index is 11.4. The molecule has 4 N–H and O–H groups in total. The van der Waals surface area contributed by atoms with Gasteiger partial charge in [0.05, 0.1) is 0 Å². The third-order valence-electron chi connectivity index (χ3n) is 2.87. The Morgan fingerprint density at radius 1 is 0.567 bits per heavy atom. The Bertz CT molecular complexity index is 560. The Balaban J connectivity index is 0. The molecule has 0 saturated carbocycles. The molecule has 8 nitrogen and oxygen atoms in total. The highest BCUT2D eigenvalue weighted by Crippen LogP contribution is 1.99. The Morgan fingerprint density at radius 3 is 1.07 bits per heavy atom. The minimum absolute atomic E-state index is 0.224. The van der Waals surface area contributed by atoms with Gasteiger partial charge in [0.15, 0.2) is 0 Å². The zero-order chi connectivity index (χ0) is 23.8. The van der Waals surface area contributed by atoms with Crippen LogP contribution < -0.4 is 21.3 Å². The smallest absolute Gasteiger partial charge is 0.244 e. The normalized spacial score (nSPS) is 11.5. The van der Waals surface area contributed by atoms with Gasteiger partial charge in [-0.05, 0) is 54.4 Å². The van der Waals surface area contributed by atoms with Gasteiger partial charge in [0.1, 0.15) is 0 Å². The standard InChI is InChI=1S/C12H22N2O2.C10H18N2O2/c1-11(2,3)13-9(15)7-8-10(16)14-12(4,5)6;1-3-7-11-9(13)5-6-10(14)12-8-4-2/h7-8H,1-6H3,(H,13,15)(H,14,16);5-6H,3-4,7-8H2,1-2H3,(H,11,13)(H,12,14)/b8-7-;6-5-. The molecule has 0 aromatic heterocycles. The highest BCUT2D eigenvalue weighted by Gasteiger charge is 2.13. The molecule has 0 atom stereocenters. The molecular formula is C22H40N4O4. The van der Waals surface area contributed by atoms with Crippen LogP contribution in [0.3, 0.4) is 0 Å². The highest BCUT2D eigenvalue weighted by atomic mass is 16.2. The summed E-state index contributed by atoms with van der Waals surface area (Å²) < 4.78 is 0. The molecule has 0 bridgehead atoms. The number of nitrogens with one attached hydrogen (secondary N) is 4. The summed E-state index contributed by atoms with van der Waals surface area (Å²) in [5, 5.41) is 10.7. The lowest BCUT2D eigenvalue weighted by Crippen LogP contribution is -2.41. The first-order chi connectivity index (χ1) is 13.7. The fraction of sp³-hybridized carbons (Fsp3) is 0.636. The molecule has 8 heteroatoms. The van der Waals surface area contributed by atoms with Gasteiger partial charge in [-0.25, -0.2) is 0 Å². The van der Waals surface area contributed by atoms with Gasteiger partial charge in [0.2, 0.25) is 23.6 Å². The Labute approximate surface area is 181 Å². The van der Waals surface area contributed by atoms with Crippen LogP contribution in [-0.4, -0.2) is 47.8 Å². The molecule has 0 aliphatic rings. The molecule has 30 heavy (non-hydrogen) atoms. The first-order valence-electron chi connectivity index (χ1n) is 10.3. The lowest BCUT2D eigenvalue weighted by molar-refractivity contribution is -0.120. The molecule has 0 fully saturated rings. The van der Waals surface area contributed by atoms with Crippen molar-refractivity contribution in [2.24, 2.45) is 0 Å². The molecule has 0 spiro atoms. The average Bonchev–Trinajstić information content (AvgIpc) is 2.59. The first-order valence-corrected chi connectivity index (χ1v) is 10.3. The van der Waals surface area contributed by atoms with Gasteiger partial charge in [-0.3, -0.25) is 19.2 Å². The van der Waals surface area contributed by atoms with Gasteiger partial charge in [-0.1, -0.05) is 13.8 Å². The summed E-state index contributed by atoms with van der Waals surface area (Å²) in [7, 11) is 0. The summed E-state index contributed by atoms with van der Waals surface area (Å²) in [5.41, 5.74) is -0.580. The molecule has 172 valence electrons. The summed E-state index contributed by atoms with van der Waals surface area (Å²) in [6.45, 7) is 16.5. The van der Waals surface area contributed by atoms with E-state index in [1.54, 1.807) is 0 Å². The van der Waals surface area contributed by atoms with E-state index >= 15 is 0 Å². The topological polar surface area (TPSA) is 116 Å². The maximum absolute atomic E-state index is 11.4. The minimum atomic E-state index is -0.290. The van der Waals surface area contributed by atoms with E-state index in [0.717, 1.165) is 12.8 Å². The predicted octanol–water partition coefficient (Wildman–Crippen LogP) is 1.97. The van der Waals surface area contributed by atoms with Crippen LogP contribution >= 0.6 is 0 Å². The SMILES string of the molecule is CC(C)(C)NC(=O)/C=C\C(=O)NC(C)(C)C.CCCNC(=O)/C=C\C(=O)NCCC. The molecule has 0 aliphatic carbocycles. The van der Waals surface area contributed by atoms with Crippen LogP contribution in [0.2, 0.25) is 0 Å². The molecule has 0 aliphatic heterocycles. The molecule has 0 unspecified atom stereocenters. The molecule has 0 saturated heterocycles. The number of amides is 4. The molecule has 0 aromatic rings. The van der Waals surface area contributed by atoms with E-state index in [2.05, 4.69) is 21.3 Å². The fourth-order valence-corrected chi connectivity index (χ4v) is 1.74. The summed E-state index contributed by atoms with van der Waals surface area (Å²) in [6.07, 6.45) is 6.77. The molecule has 0 rings (SSSR count). The molecule has 0 heterocycles. The van der Waals surface area contributed by atoms with Crippen LogP contribution in [0.5, 0.6) is 0 Å². The van der Waals surface area contributed by atoms with Crippen LogP contribution in [-0.2, 0) is 19.2 Å². The predicted molar refractivity (Wildman–Crippen MR) is 121 cm³/mol. The van der Waals surface area contributed by atoms with E-state index in [1.165, 1.54) is 24.3 Å². The quantitative estimate of drug-likeness (QED) is 0.446. The highest BCUT2D eigenvalue weighted by molar-refractivity contribution is 5.97. The summed E-state index contributed by atoms with van der Waals surface area (Å²) >= 11 is 0. The van der Waals surface area contributed by atoms with Crippen molar-refractivity contribution in [1.29, 1.82) is 0 Å². The maximum Gasteiger partial charge on any atom is 0.244 e. The van der Waals surface area contributed by atoms with Gasteiger partial charge in [-0.15, -0.1) is 0 Å². The molecular weight excluding hydrogens is 384 g/mol. The fourth-order valence-electron chi connectivity index (χ4n) is 1.74. The van der Waals surface area contributed by atoms with Gasteiger partial charge >= 0.3 is 0 Å². The van der Waals surface area contributed by atoms with Crippen molar-refractivity contribution in [3.8, 4) is 0 Å².